The van der Waals surface area contributed by atoms with Crippen LogP contribution >= 0.6 is 0 Å². The molecular weight excluding hydrogens is 532 g/mol. The Morgan fingerprint density at radius 2 is 0.805 bits per heavy atom. The molecule has 3 aliphatic heterocycles. The fourth-order valence-electron chi connectivity index (χ4n) is 3.59. The molecule has 3 heterocycles. The highest BCUT2D eigenvalue weighted by atomic mass is 16.2. The van der Waals surface area contributed by atoms with Crippen molar-refractivity contribution in [3.8, 4) is 0 Å². The summed E-state index contributed by atoms with van der Waals surface area (Å²) >= 11 is 0. The van der Waals surface area contributed by atoms with Crippen LogP contribution in [0.2, 0.25) is 0 Å². The van der Waals surface area contributed by atoms with Crippen molar-refractivity contribution in [1.82, 2.24) is 41.3 Å². The van der Waals surface area contributed by atoms with Crippen LogP contribution < -0.4 is 26.6 Å². The van der Waals surface area contributed by atoms with Gasteiger partial charge in [-0.15, -0.1) is 0 Å². The molecule has 3 aliphatic rings. The predicted molar refractivity (Wildman–Crippen MR) is 154 cm³/mol. The monoisotopic (exact) mass is 576 g/mol. The van der Waals surface area contributed by atoms with Crippen molar-refractivity contribution >= 4 is 35.4 Å². The third kappa shape index (κ3) is 14.1. The maximum Gasteiger partial charge on any atom is 0.254 e. The second-order valence-electron chi connectivity index (χ2n) is 9.04. The van der Waals surface area contributed by atoms with Gasteiger partial charge in [-0.05, 0) is 73.1 Å². The highest BCUT2D eigenvalue weighted by molar-refractivity contribution is 6.13. The van der Waals surface area contributed by atoms with Gasteiger partial charge < -0.3 is 21.3 Å². The lowest BCUT2D eigenvalue weighted by atomic mass is 10.4. The van der Waals surface area contributed by atoms with E-state index in [1.54, 1.807) is 0 Å². The highest BCUT2D eigenvalue weighted by Crippen LogP contribution is 2.04. The standard InChI is InChI=1S/C10H17N3O2.C9H15N3O2.C8H12N2O2/c1-11-5-2-6-12-7-8-13-9(14)3-4-10(13)15;1-10-5-2-6-11-7-12-8(13)3-4-9(12)14;1-9-5-2-6-10-7(11)3-4-8(10)12/h3-4,11-12H,2,5-8H2,1H3;3-4,10-11H,2,5-7H2,1H3;3-4,9H,2,5-6H2,1H3. The average molecular weight is 577 g/mol. The molecule has 6 amide bonds. The molecule has 0 aromatic heterocycles. The Morgan fingerprint density at radius 1 is 0.439 bits per heavy atom. The number of nitrogens with one attached hydrogen (secondary N) is 5. The molecule has 14 heteroatoms. The number of imide groups is 3. The highest BCUT2D eigenvalue weighted by Gasteiger charge is 2.23. The van der Waals surface area contributed by atoms with Crippen LogP contribution in [0.15, 0.2) is 36.5 Å². The molecule has 0 atom stereocenters. The van der Waals surface area contributed by atoms with Crippen LogP contribution in [0.3, 0.4) is 0 Å². The van der Waals surface area contributed by atoms with E-state index in [1.165, 1.54) is 51.2 Å². The summed E-state index contributed by atoms with van der Waals surface area (Å²) in [5, 5.41) is 15.2. The minimum atomic E-state index is -0.240. The lowest BCUT2D eigenvalue weighted by Crippen LogP contribution is -2.39. The van der Waals surface area contributed by atoms with Crippen molar-refractivity contribution in [2.75, 3.05) is 80.2 Å². The molecule has 0 aromatic carbocycles. The first-order valence-electron chi connectivity index (χ1n) is 13.7. The molecule has 14 nitrogen and oxygen atoms in total. The maximum absolute atomic E-state index is 11.1. The number of carbonyl (C=O) groups excluding carboxylic acids is 6. The molecule has 0 saturated heterocycles. The number of carbonyl (C=O) groups is 6. The molecule has 0 aromatic rings. The van der Waals surface area contributed by atoms with E-state index < -0.39 is 0 Å². The van der Waals surface area contributed by atoms with Crippen LogP contribution in [0.5, 0.6) is 0 Å². The van der Waals surface area contributed by atoms with Crippen molar-refractivity contribution in [2.45, 2.75) is 19.3 Å². The molecule has 5 N–H and O–H groups in total. The predicted octanol–water partition coefficient (Wildman–Crippen LogP) is -2.30. The second-order valence-corrected chi connectivity index (χ2v) is 9.04. The molecule has 0 radical (unpaired) electrons. The van der Waals surface area contributed by atoms with Crippen molar-refractivity contribution in [3.63, 3.8) is 0 Å². The number of amides is 6. The third-order valence-corrected chi connectivity index (χ3v) is 5.85. The van der Waals surface area contributed by atoms with Gasteiger partial charge in [-0.1, -0.05) is 0 Å². The molecule has 228 valence electrons. The Kier molecular flexibility index (Phi) is 18.4. The van der Waals surface area contributed by atoms with E-state index in [1.807, 2.05) is 21.1 Å². The molecule has 41 heavy (non-hydrogen) atoms. The van der Waals surface area contributed by atoms with Crippen LogP contribution in [0.1, 0.15) is 19.3 Å². The van der Waals surface area contributed by atoms with Crippen molar-refractivity contribution in [3.05, 3.63) is 36.5 Å². The quantitative estimate of drug-likeness (QED) is 0.0931. The number of hydrogen-bond donors (Lipinski definition) is 5. The largest absolute Gasteiger partial charge is 0.320 e. The van der Waals surface area contributed by atoms with E-state index in [0.717, 1.165) is 52.0 Å². The van der Waals surface area contributed by atoms with Gasteiger partial charge in [0.1, 0.15) is 0 Å². The molecule has 0 saturated carbocycles. The summed E-state index contributed by atoms with van der Waals surface area (Å²) in [5.74, 6) is -1.30. The minimum Gasteiger partial charge on any atom is -0.320 e. The first kappa shape index (κ1) is 35.5. The van der Waals surface area contributed by atoms with E-state index >= 15 is 0 Å². The Labute approximate surface area is 241 Å². The van der Waals surface area contributed by atoms with Crippen LogP contribution in [0.25, 0.3) is 0 Å². The Bertz CT molecular complexity index is 927. The van der Waals surface area contributed by atoms with E-state index in [4.69, 9.17) is 0 Å². The lowest BCUT2D eigenvalue weighted by molar-refractivity contribution is -0.138. The Morgan fingerprint density at radius 3 is 1.24 bits per heavy atom. The van der Waals surface area contributed by atoms with E-state index in [2.05, 4.69) is 26.6 Å². The molecule has 0 fully saturated rings. The van der Waals surface area contributed by atoms with E-state index in [0.29, 0.717) is 26.3 Å². The van der Waals surface area contributed by atoms with Crippen LogP contribution in [0.4, 0.5) is 0 Å². The van der Waals surface area contributed by atoms with Crippen molar-refractivity contribution in [2.24, 2.45) is 0 Å². The van der Waals surface area contributed by atoms with Gasteiger partial charge in [-0.25, -0.2) is 0 Å². The molecule has 0 bridgehead atoms. The summed E-state index contributed by atoms with van der Waals surface area (Å²) in [4.78, 5) is 70.0. The minimum absolute atomic E-state index is 0.198. The zero-order chi connectivity index (χ0) is 30.5. The molecular formula is C27H44N8O6. The molecule has 0 spiro atoms. The number of rotatable bonds is 17. The summed E-state index contributed by atoms with van der Waals surface area (Å²) < 4.78 is 0. The van der Waals surface area contributed by atoms with Gasteiger partial charge in [0.15, 0.2) is 0 Å². The SMILES string of the molecule is CNCCCN1C(=O)C=CC1=O.CNCCCNCCN1C(=O)C=CC1=O.CNCCCNCN1C(=O)C=CC1=O. The molecule has 0 unspecified atom stereocenters. The fraction of sp³-hybridized carbons (Fsp3) is 0.556. The normalized spacial score (nSPS) is 15.7. The maximum atomic E-state index is 11.1. The van der Waals surface area contributed by atoms with Crippen LogP contribution in [-0.2, 0) is 28.8 Å². The van der Waals surface area contributed by atoms with Crippen LogP contribution in [-0.4, -0.2) is 130 Å². The first-order chi connectivity index (χ1) is 19.8. The van der Waals surface area contributed by atoms with E-state index in [9.17, 15) is 28.8 Å². The number of hydrogen-bond acceptors (Lipinski definition) is 11. The number of nitrogens with zero attached hydrogens (tertiary/aromatic N) is 3. The Hall–Kier alpha value is -3.56. The van der Waals surface area contributed by atoms with Gasteiger partial charge in [0.2, 0.25) is 0 Å². The van der Waals surface area contributed by atoms with Crippen molar-refractivity contribution in [1.29, 1.82) is 0 Å². The average Bonchev–Trinajstić information content (AvgIpc) is 3.58. The third-order valence-electron chi connectivity index (χ3n) is 5.85. The smallest absolute Gasteiger partial charge is 0.254 e. The van der Waals surface area contributed by atoms with Gasteiger partial charge in [0, 0.05) is 56.1 Å². The van der Waals surface area contributed by atoms with Crippen molar-refractivity contribution < 1.29 is 28.8 Å². The van der Waals surface area contributed by atoms with Gasteiger partial charge in [0.05, 0.1) is 6.67 Å². The topological polar surface area (TPSA) is 172 Å². The fourth-order valence-corrected chi connectivity index (χ4v) is 3.59. The zero-order valence-electron chi connectivity index (χ0n) is 24.2. The molecule has 3 rings (SSSR count). The van der Waals surface area contributed by atoms with Gasteiger partial charge in [-0.3, -0.25) is 48.8 Å². The first-order valence-corrected chi connectivity index (χ1v) is 13.7. The van der Waals surface area contributed by atoms with E-state index in [-0.39, 0.29) is 35.4 Å². The summed E-state index contributed by atoms with van der Waals surface area (Å²) in [6.07, 6.45) is 10.6. The summed E-state index contributed by atoms with van der Waals surface area (Å²) in [6.45, 7) is 6.30. The lowest BCUT2D eigenvalue weighted by Gasteiger charge is -2.14. The van der Waals surface area contributed by atoms with Gasteiger partial charge in [-0.2, -0.15) is 0 Å². The Balaban J connectivity index is 0.000000309. The zero-order valence-corrected chi connectivity index (χ0v) is 24.2. The summed E-state index contributed by atoms with van der Waals surface area (Å²) in [5.41, 5.74) is 0. The second kappa shape index (κ2) is 21.2. The van der Waals surface area contributed by atoms with Crippen LogP contribution in [0, 0.1) is 0 Å². The van der Waals surface area contributed by atoms with Gasteiger partial charge >= 0.3 is 0 Å². The van der Waals surface area contributed by atoms with Gasteiger partial charge in [0.25, 0.3) is 35.4 Å². The summed E-state index contributed by atoms with van der Waals surface area (Å²) in [6, 6.07) is 0. The summed E-state index contributed by atoms with van der Waals surface area (Å²) in [7, 11) is 5.64. The molecule has 0 aliphatic carbocycles.